The summed E-state index contributed by atoms with van der Waals surface area (Å²) in [7, 11) is 0. The Morgan fingerprint density at radius 3 is 2.41 bits per heavy atom. The Balaban J connectivity index is 1.82. The third-order valence-corrected chi connectivity index (χ3v) is 6.45. The molecule has 8 heteroatoms. The van der Waals surface area contributed by atoms with E-state index < -0.39 is 22.8 Å². The molecule has 3 aromatic carbocycles. The average Bonchev–Trinajstić information content (AvgIpc) is 2.82. The van der Waals surface area contributed by atoms with Crippen molar-refractivity contribution in [2.24, 2.45) is 0 Å². The second kappa shape index (κ2) is 8.85. The largest absolute Gasteiger partial charge is 0.505 e. The van der Waals surface area contributed by atoms with Gasteiger partial charge in [-0.1, -0.05) is 65.8 Å². The predicted octanol–water partition coefficient (Wildman–Crippen LogP) is 6.26. The van der Waals surface area contributed by atoms with Gasteiger partial charge < -0.3 is 9.52 Å². The fourth-order valence-electron chi connectivity index (χ4n) is 3.67. The lowest BCUT2D eigenvalue weighted by atomic mass is 10.1. The molecule has 1 N–H and O–H groups in total. The van der Waals surface area contributed by atoms with Gasteiger partial charge >= 0.3 is 5.63 Å². The van der Waals surface area contributed by atoms with Gasteiger partial charge in [0.25, 0.3) is 5.56 Å². The number of aromatic hydroxyl groups is 1. The number of hydrogen-bond donors (Lipinski definition) is 1. The Hall–Kier alpha value is -3.81. The van der Waals surface area contributed by atoms with E-state index in [1.807, 2.05) is 6.07 Å². The van der Waals surface area contributed by atoms with E-state index in [1.165, 1.54) is 28.8 Å². The summed E-state index contributed by atoms with van der Waals surface area (Å²) in [6.07, 6.45) is 0. The van der Waals surface area contributed by atoms with Gasteiger partial charge in [-0.2, -0.15) is 0 Å². The molecule has 0 bridgehead atoms. The van der Waals surface area contributed by atoms with Crippen molar-refractivity contribution in [3.8, 4) is 22.7 Å². The molecule has 0 aliphatic heterocycles. The van der Waals surface area contributed by atoms with Gasteiger partial charge in [0, 0.05) is 16.0 Å². The summed E-state index contributed by atoms with van der Waals surface area (Å²) in [4.78, 5) is 26.9. The Morgan fingerprint density at radius 1 is 0.912 bits per heavy atom. The lowest BCUT2D eigenvalue weighted by Crippen LogP contribution is -2.22. The van der Waals surface area contributed by atoms with E-state index >= 15 is 0 Å². The number of benzene rings is 3. The molecule has 0 aliphatic rings. The van der Waals surface area contributed by atoms with E-state index in [4.69, 9.17) is 16.0 Å². The summed E-state index contributed by atoms with van der Waals surface area (Å²) in [5.74, 6) is -1.03. The van der Waals surface area contributed by atoms with Gasteiger partial charge in [-0.3, -0.25) is 9.36 Å². The molecular weight excluding hydrogens is 477 g/mol. The Bertz CT molecular complexity index is 1660. The quantitative estimate of drug-likeness (QED) is 0.321. The van der Waals surface area contributed by atoms with Gasteiger partial charge in [-0.25, -0.2) is 9.18 Å². The zero-order valence-corrected chi connectivity index (χ0v) is 18.9. The number of hydrogen-bond acceptors (Lipinski definition) is 5. The van der Waals surface area contributed by atoms with Crippen LogP contribution in [0, 0.1) is 5.82 Å². The topological polar surface area (TPSA) is 72.4 Å². The van der Waals surface area contributed by atoms with Gasteiger partial charge in [-0.05, 0) is 42.0 Å². The van der Waals surface area contributed by atoms with Crippen LogP contribution in [0.4, 0.5) is 4.39 Å². The molecule has 5 rings (SSSR count). The van der Waals surface area contributed by atoms with Crippen molar-refractivity contribution < 1.29 is 13.9 Å². The minimum absolute atomic E-state index is 0.0746. The van der Waals surface area contributed by atoms with Crippen molar-refractivity contribution in [2.75, 3.05) is 0 Å². The highest BCUT2D eigenvalue weighted by atomic mass is 35.5. The molecule has 0 spiro atoms. The number of rotatable bonds is 4. The second-order valence-electron chi connectivity index (χ2n) is 7.38. The summed E-state index contributed by atoms with van der Waals surface area (Å²) in [5.41, 5.74) is -0.241. The first-order valence-electron chi connectivity index (χ1n) is 10.1. The van der Waals surface area contributed by atoms with Crippen LogP contribution in [0.2, 0.25) is 5.02 Å². The van der Waals surface area contributed by atoms with Crippen molar-refractivity contribution in [1.82, 2.24) is 4.57 Å². The van der Waals surface area contributed by atoms with E-state index in [0.717, 1.165) is 11.8 Å². The standard InChI is InChI=1S/C26H15ClFNO4S/c27-16-8-4-11-19(12-16)34-24-23(30)22-21(33-26(24)32)14-20(15-6-2-1-3-7-15)29(25(22)31)18-10-5-9-17(28)13-18/h1-14,30H. The number of halogens is 2. The zero-order chi connectivity index (χ0) is 23.8. The average molecular weight is 492 g/mol. The van der Waals surface area contributed by atoms with Crippen LogP contribution in [0.1, 0.15) is 0 Å². The first-order valence-corrected chi connectivity index (χ1v) is 11.3. The van der Waals surface area contributed by atoms with Crippen molar-refractivity contribution >= 4 is 34.3 Å². The van der Waals surface area contributed by atoms with Gasteiger partial charge in [-0.15, -0.1) is 0 Å². The third-order valence-electron chi connectivity index (χ3n) is 5.16. The van der Waals surface area contributed by atoms with E-state index in [2.05, 4.69) is 0 Å². The number of fused-ring (bicyclic) bond motifs is 1. The molecule has 2 aromatic heterocycles. The fourth-order valence-corrected chi connectivity index (χ4v) is 4.82. The predicted molar refractivity (Wildman–Crippen MR) is 131 cm³/mol. The second-order valence-corrected chi connectivity index (χ2v) is 8.90. The summed E-state index contributed by atoms with van der Waals surface area (Å²) in [6.45, 7) is 0. The number of aromatic nitrogens is 1. The van der Waals surface area contributed by atoms with E-state index in [-0.39, 0.29) is 21.6 Å². The maximum absolute atomic E-state index is 14.1. The third kappa shape index (κ3) is 4.00. The SMILES string of the molecule is O=c1oc2cc(-c3ccccc3)n(-c3cccc(F)c3)c(=O)c2c(O)c1Sc1cccc(Cl)c1. The van der Waals surface area contributed by atoms with Gasteiger partial charge in [0.1, 0.15) is 21.7 Å². The summed E-state index contributed by atoms with van der Waals surface area (Å²) in [5, 5.41) is 11.3. The van der Waals surface area contributed by atoms with Crippen molar-refractivity contribution in [3.05, 3.63) is 117 Å². The molecule has 0 saturated heterocycles. The van der Waals surface area contributed by atoms with Crippen molar-refractivity contribution in [3.63, 3.8) is 0 Å². The molecule has 0 unspecified atom stereocenters. The minimum atomic E-state index is -0.795. The Labute approximate surface area is 201 Å². The van der Waals surface area contributed by atoms with Crippen molar-refractivity contribution in [1.29, 1.82) is 0 Å². The van der Waals surface area contributed by atoms with Crippen molar-refractivity contribution in [2.45, 2.75) is 9.79 Å². The molecular formula is C26H15ClFNO4S. The monoisotopic (exact) mass is 491 g/mol. The molecule has 168 valence electrons. The molecule has 2 heterocycles. The minimum Gasteiger partial charge on any atom is -0.505 e. The van der Waals surface area contributed by atoms with Crippen LogP contribution in [0.5, 0.6) is 5.75 Å². The van der Waals surface area contributed by atoms with Crippen LogP contribution in [-0.4, -0.2) is 9.67 Å². The van der Waals surface area contributed by atoms with E-state index in [9.17, 15) is 19.1 Å². The highest BCUT2D eigenvalue weighted by Gasteiger charge is 2.22. The van der Waals surface area contributed by atoms with Crippen LogP contribution < -0.4 is 11.2 Å². The van der Waals surface area contributed by atoms with Crippen LogP contribution >= 0.6 is 23.4 Å². The van der Waals surface area contributed by atoms with E-state index in [0.29, 0.717) is 21.2 Å². The summed E-state index contributed by atoms with van der Waals surface area (Å²) < 4.78 is 20.8. The van der Waals surface area contributed by atoms with Gasteiger partial charge in [0.15, 0.2) is 5.75 Å². The first kappa shape index (κ1) is 22.0. The molecule has 0 radical (unpaired) electrons. The summed E-state index contributed by atoms with van der Waals surface area (Å²) in [6, 6.07) is 22.7. The number of nitrogens with zero attached hydrogens (tertiary/aromatic N) is 1. The molecule has 0 aliphatic carbocycles. The first-order chi connectivity index (χ1) is 16.4. The van der Waals surface area contributed by atoms with Crippen LogP contribution in [0.15, 0.2) is 109 Å². The highest BCUT2D eigenvalue weighted by Crippen LogP contribution is 2.37. The molecule has 0 fully saturated rings. The molecule has 0 amide bonds. The van der Waals surface area contributed by atoms with Gasteiger partial charge in [0.05, 0.1) is 11.4 Å². The fraction of sp³-hybridized carbons (Fsp3) is 0. The van der Waals surface area contributed by atoms with Crippen LogP contribution in [-0.2, 0) is 0 Å². The molecule has 5 nitrogen and oxygen atoms in total. The molecule has 0 saturated carbocycles. The number of pyridine rings is 1. The van der Waals surface area contributed by atoms with Crippen LogP contribution in [0.25, 0.3) is 27.9 Å². The molecule has 0 atom stereocenters. The van der Waals surface area contributed by atoms with E-state index in [1.54, 1.807) is 54.6 Å². The Morgan fingerprint density at radius 2 is 1.68 bits per heavy atom. The lowest BCUT2D eigenvalue weighted by Gasteiger charge is -2.15. The highest BCUT2D eigenvalue weighted by molar-refractivity contribution is 7.99. The normalized spacial score (nSPS) is 11.1. The smallest absolute Gasteiger partial charge is 0.354 e. The van der Waals surface area contributed by atoms with Gasteiger partial charge in [0.2, 0.25) is 0 Å². The Kier molecular flexibility index (Phi) is 5.73. The maximum Gasteiger partial charge on any atom is 0.354 e. The molecule has 34 heavy (non-hydrogen) atoms. The van der Waals surface area contributed by atoms with Crippen LogP contribution in [0.3, 0.4) is 0 Å². The lowest BCUT2D eigenvalue weighted by molar-refractivity contribution is 0.446. The summed E-state index contributed by atoms with van der Waals surface area (Å²) >= 11 is 6.96. The maximum atomic E-state index is 14.1. The molecule has 5 aromatic rings. The zero-order valence-electron chi connectivity index (χ0n) is 17.4.